The maximum Gasteiger partial charge on any atom is 0.0465 e. The van der Waals surface area contributed by atoms with Crippen LogP contribution in [0, 0.1) is 5.92 Å². The number of ether oxygens (including phenoxy) is 1. The first-order chi connectivity index (χ1) is 5.38. The Bertz CT molecular complexity index is 102. The second-order valence-corrected chi connectivity index (χ2v) is 3.30. The van der Waals surface area contributed by atoms with E-state index in [-0.39, 0.29) is 0 Å². The van der Waals surface area contributed by atoms with E-state index in [0.717, 1.165) is 18.6 Å². The van der Waals surface area contributed by atoms with E-state index in [1.54, 1.807) is 7.11 Å². The summed E-state index contributed by atoms with van der Waals surface area (Å²) < 4.78 is 5.07. The predicted molar refractivity (Wildman–Crippen MR) is 46.7 cm³/mol. The van der Waals surface area contributed by atoms with E-state index in [0.29, 0.717) is 0 Å². The molecule has 0 spiro atoms. The van der Waals surface area contributed by atoms with Gasteiger partial charge in [0.15, 0.2) is 0 Å². The number of hydrogen-bond acceptors (Lipinski definition) is 2. The Morgan fingerprint density at radius 2 is 2.36 bits per heavy atom. The molecule has 1 fully saturated rings. The fourth-order valence-corrected chi connectivity index (χ4v) is 1.67. The summed E-state index contributed by atoms with van der Waals surface area (Å²) in [6, 6.07) is 0.787. The second-order valence-electron chi connectivity index (χ2n) is 3.30. The third kappa shape index (κ3) is 2.46. The van der Waals surface area contributed by atoms with Gasteiger partial charge in [0.2, 0.25) is 0 Å². The Labute approximate surface area is 69.3 Å². The molecule has 1 aliphatic heterocycles. The Morgan fingerprint density at radius 3 is 2.73 bits per heavy atom. The molecule has 0 aromatic carbocycles. The average molecular weight is 157 g/mol. The van der Waals surface area contributed by atoms with E-state index >= 15 is 0 Å². The highest BCUT2D eigenvalue weighted by Crippen LogP contribution is 2.20. The van der Waals surface area contributed by atoms with Gasteiger partial charge in [-0.15, -0.1) is 0 Å². The van der Waals surface area contributed by atoms with Gasteiger partial charge in [0.1, 0.15) is 0 Å². The molecule has 1 aliphatic rings. The van der Waals surface area contributed by atoms with Gasteiger partial charge >= 0.3 is 0 Å². The average Bonchev–Trinajstić information content (AvgIpc) is 1.93. The van der Waals surface area contributed by atoms with E-state index in [1.165, 1.54) is 25.8 Å². The van der Waals surface area contributed by atoms with E-state index in [2.05, 4.69) is 12.2 Å². The lowest BCUT2D eigenvalue weighted by atomic mass is 9.87. The summed E-state index contributed by atoms with van der Waals surface area (Å²) in [5, 5.41) is 3.45. The van der Waals surface area contributed by atoms with Crippen molar-refractivity contribution in [1.29, 1.82) is 0 Å². The van der Waals surface area contributed by atoms with Crippen molar-refractivity contribution in [2.24, 2.45) is 5.92 Å². The van der Waals surface area contributed by atoms with E-state index in [1.807, 2.05) is 0 Å². The first kappa shape index (κ1) is 9.01. The highest BCUT2D eigenvalue weighted by Gasteiger charge is 2.24. The van der Waals surface area contributed by atoms with Crippen molar-refractivity contribution >= 4 is 0 Å². The molecule has 2 atom stereocenters. The SMILES string of the molecule is CCC(CCOC)C1CCN1. The molecule has 0 bridgehead atoms. The minimum Gasteiger partial charge on any atom is -0.385 e. The summed E-state index contributed by atoms with van der Waals surface area (Å²) >= 11 is 0. The van der Waals surface area contributed by atoms with Crippen molar-refractivity contribution in [2.45, 2.75) is 32.2 Å². The van der Waals surface area contributed by atoms with Crippen LogP contribution in [0.15, 0.2) is 0 Å². The van der Waals surface area contributed by atoms with Crippen molar-refractivity contribution in [3.8, 4) is 0 Å². The van der Waals surface area contributed by atoms with Gasteiger partial charge in [-0.1, -0.05) is 13.3 Å². The third-order valence-electron chi connectivity index (χ3n) is 2.65. The standard InChI is InChI=1S/C9H19NO/c1-3-8(5-7-11-2)9-4-6-10-9/h8-10H,3-7H2,1-2H3. The van der Waals surface area contributed by atoms with Crippen molar-refractivity contribution in [3.63, 3.8) is 0 Å². The molecular weight excluding hydrogens is 138 g/mol. The van der Waals surface area contributed by atoms with Crippen LogP contribution < -0.4 is 5.32 Å². The topological polar surface area (TPSA) is 21.3 Å². The molecule has 0 aromatic heterocycles. The van der Waals surface area contributed by atoms with Gasteiger partial charge in [-0.2, -0.15) is 0 Å². The fraction of sp³-hybridized carbons (Fsp3) is 1.00. The maximum absolute atomic E-state index is 5.07. The number of nitrogens with one attached hydrogen (secondary N) is 1. The molecule has 0 aromatic rings. The normalized spacial score (nSPS) is 26.2. The first-order valence-corrected chi connectivity index (χ1v) is 4.60. The predicted octanol–water partition coefficient (Wildman–Crippen LogP) is 1.41. The largest absolute Gasteiger partial charge is 0.385 e. The molecule has 1 heterocycles. The molecule has 11 heavy (non-hydrogen) atoms. The van der Waals surface area contributed by atoms with Crippen molar-refractivity contribution in [3.05, 3.63) is 0 Å². The molecule has 1 N–H and O–H groups in total. The molecule has 66 valence electrons. The molecular formula is C9H19NO. The van der Waals surface area contributed by atoms with Gasteiger partial charge in [-0.05, 0) is 25.3 Å². The number of hydrogen-bond donors (Lipinski definition) is 1. The van der Waals surface area contributed by atoms with Crippen LogP contribution in [0.4, 0.5) is 0 Å². The Kier molecular flexibility index (Phi) is 3.87. The van der Waals surface area contributed by atoms with Gasteiger partial charge in [-0.3, -0.25) is 0 Å². The van der Waals surface area contributed by atoms with Gasteiger partial charge in [0.05, 0.1) is 0 Å². The van der Waals surface area contributed by atoms with Crippen LogP contribution in [0.25, 0.3) is 0 Å². The lowest BCUT2D eigenvalue weighted by Crippen LogP contribution is -2.48. The maximum atomic E-state index is 5.07. The monoisotopic (exact) mass is 157 g/mol. The van der Waals surface area contributed by atoms with Gasteiger partial charge in [-0.25, -0.2) is 0 Å². The van der Waals surface area contributed by atoms with Crippen molar-refractivity contribution in [2.75, 3.05) is 20.3 Å². The number of rotatable bonds is 5. The van der Waals surface area contributed by atoms with Crippen LogP contribution in [0.1, 0.15) is 26.2 Å². The zero-order chi connectivity index (χ0) is 8.10. The van der Waals surface area contributed by atoms with Crippen LogP contribution in [0.3, 0.4) is 0 Å². The van der Waals surface area contributed by atoms with E-state index in [9.17, 15) is 0 Å². The van der Waals surface area contributed by atoms with E-state index < -0.39 is 0 Å². The first-order valence-electron chi connectivity index (χ1n) is 4.60. The number of methoxy groups -OCH3 is 1. The molecule has 0 saturated carbocycles. The van der Waals surface area contributed by atoms with Crippen molar-refractivity contribution < 1.29 is 4.74 Å². The van der Waals surface area contributed by atoms with Gasteiger partial charge in [0.25, 0.3) is 0 Å². The molecule has 1 saturated heterocycles. The molecule has 0 aliphatic carbocycles. The highest BCUT2D eigenvalue weighted by molar-refractivity contribution is 4.83. The lowest BCUT2D eigenvalue weighted by Gasteiger charge is -2.34. The van der Waals surface area contributed by atoms with Crippen LogP contribution >= 0.6 is 0 Å². The Balaban J connectivity index is 2.13. The third-order valence-corrected chi connectivity index (χ3v) is 2.65. The zero-order valence-electron chi connectivity index (χ0n) is 7.60. The van der Waals surface area contributed by atoms with Crippen LogP contribution in [-0.2, 0) is 4.74 Å². The summed E-state index contributed by atoms with van der Waals surface area (Å²) in [5.74, 6) is 0.837. The smallest absolute Gasteiger partial charge is 0.0465 e. The van der Waals surface area contributed by atoms with Gasteiger partial charge in [0, 0.05) is 19.8 Å². The van der Waals surface area contributed by atoms with Crippen molar-refractivity contribution in [1.82, 2.24) is 5.32 Å². The molecule has 0 amide bonds. The minimum atomic E-state index is 0.787. The Morgan fingerprint density at radius 1 is 1.64 bits per heavy atom. The Hall–Kier alpha value is -0.0800. The van der Waals surface area contributed by atoms with E-state index in [4.69, 9.17) is 4.74 Å². The molecule has 0 radical (unpaired) electrons. The second kappa shape index (κ2) is 4.73. The molecule has 2 heteroatoms. The van der Waals surface area contributed by atoms with Gasteiger partial charge < -0.3 is 10.1 Å². The zero-order valence-corrected chi connectivity index (χ0v) is 7.60. The lowest BCUT2D eigenvalue weighted by molar-refractivity contribution is 0.149. The summed E-state index contributed by atoms with van der Waals surface area (Å²) in [5.41, 5.74) is 0. The van der Waals surface area contributed by atoms with Crippen LogP contribution in [0.2, 0.25) is 0 Å². The molecule has 2 unspecified atom stereocenters. The molecule has 1 rings (SSSR count). The van der Waals surface area contributed by atoms with Crippen LogP contribution in [0.5, 0.6) is 0 Å². The minimum absolute atomic E-state index is 0.787. The molecule has 2 nitrogen and oxygen atoms in total. The summed E-state index contributed by atoms with van der Waals surface area (Å²) in [7, 11) is 1.78. The highest BCUT2D eigenvalue weighted by atomic mass is 16.5. The quantitative estimate of drug-likeness (QED) is 0.651. The summed E-state index contributed by atoms with van der Waals surface area (Å²) in [6.07, 6.45) is 3.86. The summed E-state index contributed by atoms with van der Waals surface area (Å²) in [6.45, 7) is 4.39. The van der Waals surface area contributed by atoms with Crippen LogP contribution in [-0.4, -0.2) is 26.3 Å². The fourth-order valence-electron chi connectivity index (χ4n) is 1.67. The summed E-state index contributed by atoms with van der Waals surface area (Å²) in [4.78, 5) is 0.